The van der Waals surface area contributed by atoms with Gasteiger partial charge in [-0.15, -0.1) is 0 Å². The highest BCUT2D eigenvalue weighted by Crippen LogP contribution is 2.25. The van der Waals surface area contributed by atoms with E-state index >= 15 is 0 Å². The average Bonchev–Trinajstić information content (AvgIpc) is 3.22. The summed E-state index contributed by atoms with van der Waals surface area (Å²) < 4.78 is 1.85. The summed E-state index contributed by atoms with van der Waals surface area (Å²) in [6.45, 7) is 0.137. The van der Waals surface area contributed by atoms with Gasteiger partial charge in [-0.3, -0.25) is 4.79 Å². The van der Waals surface area contributed by atoms with Crippen molar-refractivity contribution in [2.75, 3.05) is 6.61 Å². The van der Waals surface area contributed by atoms with Crippen LogP contribution >= 0.6 is 0 Å². The molecule has 2 aromatic heterocycles. The van der Waals surface area contributed by atoms with Gasteiger partial charge in [0, 0.05) is 36.5 Å². The summed E-state index contributed by atoms with van der Waals surface area (Å²) in [6, 6.07) is 17.3. The quantitative estimate of drug-likeness (QED) is 0.511. The highest BCUT2D eigenvalue weighted by molar-refractivity contribution is 5.99. The standard InChI is InChI=1S/C23H22N4O2/c24-23(29)20-5-2-1-4-19(20)17-9-7-16(8-10-17)14-18-15-25-22-11-12-26-27(22)21(18)6-3-13-28/h1-2,4-5,7-12,15,28H,3,6,13-14H2,(H2,24,29). The average molecular weight is 386 g/mol. The van der Waals surface area contributed by atoms with Gasteiger partial charge in [0.1, 0.15) is 0 Å². The second-order valence-corrected chi connectivity index (χ2v) is 6.94. The first kappa shape index (κ1) is 18.8. The molecule has 0 saturated heterocycles. The lowest BCUT2D eigenvalue weighted by Gasteiger charge is -2.12. The number of rotatable bonds is 7. The van der Waals surface area contributed by atoms with E-state index in [1.165, 1.54) is 0 Å². The Balaban J connectivity index is 1.64. The summed E-state index contributed by atoms with van der Waals surface area (Å²) >= 11 is 0. The van der Waals surface area contributed by atoms with Crippen LogP contribution in [0, 0.1) is 0 Å². The molecule has 0 spiro atoms. The topological polar surface area (TPSA) is 93.5 Å². The van der Waals surface area contributed by atoms with Gasteiger partial charge >= 0.3 is 0 Å². The number of aryl methyl sites for hydroxylation is 1. The van der Waals surface area contributed by atoms with Crippen molar-refractivity contribution in [3.05, 3.63) is 89.4 Å². The number of aliphatic hydroxyl groups is 1. The summed E-state index contributed by atoms with van der Waals surface area (Å²) in [6.07, 6.45) is 5.74. The van der Waals surface area contributed by atoms with Gasteiger partial charge in [-0.1, -0.05) is 42.5 Å². The van der Waals surface area contributed by atoms with Gasteiger partial charge in [-0.05, 0) is 41.2 Å². The predicted octanol–water partition coefficient (Wildman–Crippen LogP) is 3.01. The third kappa shape index (κ3) is 3.88. The van der Waals surface area contributed by atoms with E-state index in [9.17, 15) is 9.90 Å². The number of aliphatic hydroxyl groups excluding tert-OH is 1. The SMILES string of the molecule is NC(=O)c1ccccc1-c1ccc(Cc2cnc3ccnn3c2CCCO)cc1. The molecule has 0 aliphatic carbocycles. The lowest BCUT2D eigenvalue weighted by molar-refractivity contribution is 0.100. The van der Waals surface area contributed by atoms with E-state index in [2.05, 4.69) is 22.2 Å². The molecule has 3 N–H and O–H groups in total. The van der Waals surface area contributed by atoms with E-state index in [0.29, 0.717) is 18.4 Å². The number of fused-ring (bicyclic) bond motifs is 1. The summed E-state index contributed by atoms with van der Waals surface area (Å²) in [4.78, 5) is 16.2. The zero-order valence-electron chi connectivity index (χ0n) is 16.0. The number of aromatic nitrogens is 3. The van der Waals surface area contributed by atoms with Crippen LogP contribution in [0.25, 0.3) is 16.8 Å². The second-order valence-electron chi connectivity index (χ2n) is 6.94. The minimum atomic E-state index is -0.434. The molecule has 2 heterocycles. The normalized spacial score (nSPS) is 11.1. The van der Waals surface area contributed by atoms with E-state index in [1.54, 1.807) is 12.3 Å². The maximum Gasteiger partial charge on any atom is 0.249 e. The molecule has 0 aliphatic rings. The van der Waals surface area contributed by atoms with Crippen LogP contribution in [0.3, 0.4) is 0 Å². The van der Waals surface area contributed by atoms with Gasteiger partial charge < -0.3 is 10.8 Å². The number of nitrogens with zero attached hydrogens (tertiary/aromatic N) is 3. The molecule has 0 fully saturated rings. The minimum Gasteiger partial charge on any atom is -0.396 e. The van der Waals surface area contributed by atoms with Crippen LogP contribution in [0.4, 0.5) is 0 Å². The molecule has 0 bridgehead atoms. The van der Waals surface area contributed by atoms with Crippen molar-refractivity contribution in [3.8, 4) is 11.1 Å². The molecular formula is C23H22N4O2. The lowest BCUT2D eigenvalue weighted by atomic mass is 9.96. The molecule has 0 unspecified atom stereocenters. The third-order valence-corrected chi connectivity index (χ3v) is 5.03. The van der Waals surface area contributed by atoms with Gasteiger partial charge in [0.15, 0.2) is 5.65 Å². The number of hydrogen-bond donors (Lipinski definition) is 2. The van der Waals surface area contributed by atoms with E-state index in [1.807, 2.05) is 47.1 Å². The van der Waals surface area contributed by atoms with Crippen LogP contribution in [0.1, 0.15) is 33.6 Å². The number of hydrogen-bond acceptors (Lipinski definition) is 4. The smallest absolute Gasteiger partial charge is 0.249 e. The zero-order valence-corrected chi connectivity index (χ0v) is 16.0. The summed E-state index contributed by atoms with van der Waals surface area (Å²) in [5, 5.41) is 13.6. The number of carbonyl (C=O) groups is 1. The first-order valence-corrected chi connectivity index (χ1v) is 9.57. The fourth-order valence-corrected chi connectivity index (χ4v) is 3.59. The largest absolute Gasteiger partial charge is 0.396 e. The first-order valence-electron chi connectivity index (χ1n) is 9.57. The Hall–Kier alpha value is -3.51. The van der Waals surface area contributed by atoms with Gasteiger partial charge in [0.05, 0.1) is 6.20 Å². The number of carbonyl (C=O) groups excluding carboxylic acids is 1. The Morgan fingerprint density at radius 2 is 1.86 bits per heavy atom. The van der Waals surface area contributed by atoms with Gasteiger partial charge in [-0.25, -0.2) is 9.50 Å². The van der Waals surface area contributed by atoms with Crippen LogP contribution in [0.2, 0.25) is 0 Å². The number of benzene rings is 2. The fraction of sp³-hybridized carbons (Fsp3) is 0.174. The second kappa shape index (κ2) is 8.24. The van der Waals surface area contributed by atoms with Crippen molar-refractivity contribution < 1.29 is 9.90 Å². The first-order chi connectivity index (χ1) is 14.2. The zero-order chi connectivity index (χ0) is 20.2. The molecule has 1 amide bonds. The van der Waals surface area contributed by atoms with Crippen molar-refractivity contribution in [1.82, 2.24) is 14.6 Å². The Labute approximate surface area is 168 Å². The third-order valence-electron chi connectivity index (χ3n) is 5.03. The Kier molecular flexibility index (Phi) is 5.35. The Morgan fingerprint density at radius 3 is 2.62 bits per heavy atom. The summed E-state index contributed by atoms with van der Waals surface area (Å²) in [5.74, 6) is -0.434. The van der Waals surface area contributed by atoms with Crippen molar-refractivity contribution in [2.45, 2.75) is 19.3 Å². The highest BCUT2D eigenvalue weighted by Gasteiger charge is 2.12. The van der Waals surface area contributed by atoms with E-state index < -0.39 is 5.91 Å². The van der Waals surface area contributed by atoms with Crippen molar-refractivity contribution in [3.63, 3.8) is 0 Å². The van der Waals surface area contributed by atoms with E-state index in [0.717, 1.165) is 40.0 Å². The van der Waals surface area contributed by atoms with E-state index in [-0.39, 0.29) is 6.61 Å². The van der Waals surface area contributed by atoms with Crippen LogP contribution in [-0.2, 0) is 12.8 Å². The Morgan fingerprint density at radius 1 is 1.07 bits per heavy atom. The maximum atomic E-state index is 11.7. The fourth-order valence-electron chi connectivity index (χ4n) is 3.59. The number of nitrogens with two attached hydrogens (primary N) is 1. The minimum absolute atomic E-state index is 0.137. The molecule has 6 heteroatoms. The molecule has 0 aliphatic heterocycles. The maximum absolute atomic E-state index is 11.7. The summed E-state index contributed by atoms with van der Waals surface area (Å²) in [7, 11) is 0. The monoisotopic (exact) mass is 386 g/mol. The van der Waals surface area contributed by atoms with Gasteiger partial charge in [0.25, 0.3) is 0 Å². The molecule has 6 nitrogen and oxygen atoms in total. The predicted molar refractivity (Wildman–Crippen MR) is 112 cm³/mol. The molecule has 0 saturated carbocycles. The molecule has 146 valence electrons. The molecule has 4 rings (SSSR count). The van der Waals surface area contributed by atoms with Gasteiger partial charge in [0.2, 0.25) is 5.91 Å². The molecule has 0 radical (unpaired) electrons. The molecule has 29 heavy (non-hydrogen) atoms. The number of amides is 1. The Bertz CT molecular complexity index is 1150. The molecule has 4 aromatic rings. The highest BCUT2D eigenvalue weighted by atomic mass is 16.2. The van der Waals surface area contributed by atoms with Crippen LogP contribution < -0.4 is 5.73 Å². The van der Waals surface area contributed by atoms with Crippen molar-refractivity contribution >= 4 is 11.6 Å². The molecular weight excluding hydrogens is 364 g/mol. The van der Waals surface area contributed by atoms with Crippen molar-refractivity contribution in [1.29, 1.82) is 0 Å². The number of primary amides is 1. The summed E-state index contributed by atoms with van der Waals surface area (Å²) in [5.41, 5.74) is 11.9. The van der Waals surface area contributed by atoms with Crippen LogP contribution in [-0.4, -0.2) is 32.2 Å². The molecule has 2 aromatic carbocycles. The van der Waals surface area contributed by atoms with Crippen molar-refractivity contribution in [2.24, 2.45) is 5.73 Å². The lowest BCUT2D eigenvalue weighted by Crippen LogP contribution is -2.12. The van der Waals surface area contributed by atoms with E-state index in [4.69, 9.17) is 5.73 Å². The molecule has 0 atom stereocenters. The van der Waals surface area contributed by atoms with Gasteiger partial charge in [-0.2, -0.15) is 5.10 Å². The van der Waals surface area contributed by atoms with Crippen LogP contribution in [0.5, 0.6) is 0 Å². The van der Waals surface area contributed by atoms with Crippen LogP contribution in [0.15, 0.2) is 67.0 Å².